The number of nitrogens with zero attached hydrogens (tertiary/aromatic N) is 1. The normalized spacial score (nSPS) is 12.3. The third kappa shape index (κ3) is 6.02. The lowest BCUT2D eigenvalue weighted by Crippen LogP contribution is -2.30. The van der Waals surface area contributed by atoms with Crippen LogP contribution in [0.5, 0.6) is 0 Å². The van der Waals surface area contributed by atoms with Gasteiger partial charge in [-0.25, -0.2) is 4.79 Å². The highest BCUT2D eigenvalue weighted by atomic mass is 16.5. The molecule has 1 aliphatic heterocycles. The second-order valence-corrected chi connectivity index (χ2v) is 7.52. The molecule has 0 bridgehead atoms. The predicted molar refractivity (Wildman–Crippen MR) is 118 cm³/mol. The van der Waals surface area contributed by atoms with Crippen LogP contribution in [0.3, 0.4) is 0 Å². The first-order valence-electron chi connectivity index (χ1n) is 10.6. The number of benzene rings is 2. The number of carbonyl (C=O) groups is 3. The monoisotopic (exact) mass is 409 g/mol. The maximum absolute atomic E-state index is 12.0. The van der Waals surface area contributed by atoms with Gasteiger partial charge in [-0.05, 0) is 51.0 Å². The van der Waals surface area contributed by atoms with Crippen molar-refractivity contribution in [2.75, 3.05) is 13.2 Å². The number of esters is 1. The van der Waals surface area contributed by atoms with Gasteiger partial charge in [-0.1, -0.05) is 56.0 Å². The molecule has 5 heteroatoms. The lowest BCUT2D eigenvalue weighted by atomic mass is 10.1. The summed E-state index contributed by atoms with van der Waals surface area (Å²) in [6.07, 6.45) is 3.82. The topological polar surface area (TPSA) is 63.7 Å². The number of carbonyl (C=O) groups excluding carboxylic acids is 3. The molecule has 5 nitrogen and oxygen atoms in total. The maximum Gasteiger partial charge on any atom is 0.338 e. The fourth-order valence-electron chi connectivity index (χ4n) is 3.01. The first kappa shape index (κ1) is 23.3. The standard InChI is InChI=1S/C13H15NO2.C12H16O2/c1-3-4-7-14-12(15)10-6-5-9(2)8-11(10)13(14)16;1-3-4-9-14-12(13)11-7-5-10(2)6-8-11/h5-6,8H,3-4,7H2,1-2H3;5-8H,3-4,9H2,1-2H3. The Morgan fingerprint density at radius 3 is 2.07 bits per heavy atom. The molecule has 2 amide bonds. The number of ether oxygens (including phenoxy) is 1. The molecule has 0 unspecified atom stereocenters. The summed E-state index contributed by atoms with van der Waals surface area (Å²) in [5.74, 6) is -0.510. The van der Waals surface area contributed by atoms with E-state index in [9.17, 15) is 14.4 Å². The minimum atomic E-state index is -0.224. The van der Waals surface area contributed by atoms with Crippen LogP contribution < -0.4 is 0 Å². The second kappa shape index (κ2) is 11.3. The Morgan fingerprint density at radius 2 is 1.43 bits per heavy atom. The van der Waals surface area contributed by atoms with Crippen LogP contribution >= 0.6 is 0 Å². The van der Waals surface area contributed by atoms with Gasteiger partial charge >= 0.3 is 5.97 Å². The molecular formula is C25H31NO4. The minimum Gasteiger partial charge on any atom is -0.462 e. The van der Waals surface area contributed by atoms with Gasteiger partial charge in [-0.15, -0.1) is 0 Å². The summed E-state index contributed by atoms with van der Waals surface area (Å²) in [5.41, 5.74) is 3.90. The molecule has 1 aliphatic rings. The molecule has 0 saturated carbocycles. The van der Waals surface area contributed by atoms with Crippen molar-refractivity contribution in [1.82, 2.24) is 4.90 Å². The van der Waals surface area contributed by atoms with Gasteiger partial charge in [0.15, 0.2) is 0 Å². The van der Waals surface area contributed by atoms with E-state index in [1.807, 2.05) is 39.0 Å². The van der Waals surface area contributed by atoms with Gasteiger partial charge in [-0.2, -0.15) is 0 Å². The molecule has 0 atom stereocenters. The van der Waals surface area contributed by atoms with Crippen LogP contribution in [0.15, 0.2) is 42.5 Å². The number of amides is 2. The number of hydrogen-bond acceptors (Lipinski definition) is 4. The van der Waals surface area contributed by atoms with Gasteiger partial charge in [-0.3, -0.25) is 14.5 Å². The van der Waals surface area contributed by atoms with E-state index in [4.69, 9.17) is 4.74 Å². The molecule has 3 rings (SSSR count). The molecule has 0 N–H and O–H groups in total. The Kier molecular flexibility index (Phi) is 8.78. The highest BCUT2D eigenvalue weighted by Gasteiger charge is 2.34. The maximum atomic E-state index is 12.0. The molecule has 1 heterocycles. The fourth-order valence-corrected chi connectivity index (χ4v) is 3.01. The number of unbranched alkanes of at least 4 members (excludes halogenated alkanes) is 2. The Morgan fingerprint density at radius 1 is 0.833 bits per heavy atom. The van der Waals surface area contributed by atoms with Gasteiger partial charge in [0.2, 0.25) is 0 Å². The Bertz CT molecular complexity index is 887. The van der Waals surface area contributed by atoms with Gasteiger partial charge < -0.3 is 4.74 Å². The minimum absolute atomic E-state index is 0.142. The lowest BCUT2D eigenvalue weighted by Gasteiger charge is -2.12. The molecule has 0 aliphatic carbocycles. The Labute approximate surface area is 179 Å². The average Bonchev–Trinajstić information content (AvgIpc) is 2.97. The zero-order valence-electron chi connectivity index (χ0n) is 18.4. The number of imide groups is 1. The van der Waals surface area contributed by atoms with E-state index >= 15 is 0 Å². The number of aryl methyl sites for hydroxylation is 2. The number of fused-ring (bicyclic) bond motifs is 1. The van der Waals surface area contributed by atoms with E-state index in [0.717, 1.165) is 36.8 Å². The summed E-state index contributed by atoms with van der Waals surface area (Å²) in [5, 5.41) is 0. The number of hydrogen-bond donors (Lipinski definition) is 0. The van der Waals surface area contributed by atoms with Crippen molar-refractivity contribution in [3.05, 3.63) is 70.3 Å². The van der Waals surface area contributed by atoms with Crippen LogP contribution in [0.4, 0.5) is 0 Å². The molecule has 0 fully saturated rings. The van der Waals surface area contributed by atoms with Crippen LogP contribution in [-0.4, -0.2) is 35.8 Å². The first-order chi connectivity index (χ1) is 14.4. The van der Waals surface area contributed by atoms with Crippen molar-refractivity contribution in [3.8, 4) is 0 Å². The van der Waals surface area contributed by atoms with Crippen LogP contribution in [-0.2, 0) is 4.74 Å². The average molecular weight is 410 g/mol. The van der Waals surface area contributed by atoms with Gasteiger partial charge in [0.25, 0.3) is 11.8 Å². The zero-order valence-corrected chi connectivity index (χ0v) is 18.4. The van der Waals surface area contributed by atoms with Gasteiger partial charge in [0, 0.05) is 6.54 Å². The van der Waals surface area contributed by atoms with Crippen LogP contribution in [0.2, 0.25) is 0 Å². The van der Waals surface area contributed by atoms with Crippen molar-refractivity contribution < 1.29 is 19.1 Å². The highest BCUT2D eigenvalue weighted by Crippen LogP contribution is 2.24. The van der Waals surface area contributed by atoms with Gasteiger partial charge in [0.05, 0.1) is 23.3 Å². The third-order valence-electron chi connectivity index (χ3n) is 4.88. The van der Waals surface area contributed by atoms with E-state index < -0.39 is 0 Å². The zero-order chi connectivity index (χ0) is 22.1. The van der Waals surface area contributed by atoms with Crippen molar-refractivity contribution in [2.45, 2.75) is 53.4 Å². The number of rotatable bonds is 7. The van der Waals surface area contributed by atoms with Crippen molar-refractivity contribution in [1.29, 1.82) is 0 Å². The molecule has 0 spiro atoms. The second-order valence-electron chi connectivity index (χ2n) is 7.52. The van der Waals surface area contributed by atoms with E-state index in [0.29, 0.717) is 29.8 Å². The Balaban J connectivity index is 0.000000216. The summed E-state index contributed by atoms with van der Waals surface area (Å²) in [4.78, 5) is 36.7. The van der Waals surface area contributed by atoms with E-state index in [-0.39, 0.29) is 17.8 Å². The van der Waals surface area contributed by atoms with E-state index in [1.165, 1.54) is 4.90 Å². The van der Waals surface area contributed by atoms with Crippen LogP contribution in [0.1, 0.15) is 81.7 Å². The molecule has 0 radical (unpaired) electrons. The molecule has 2 aromatic carbocycles. The van der Waals surface area contributed by atoms with E-state index in [2.05, 4.69) is 6.92 Å². The SMILES string of the molecule is CCCCN1C(=O)c2ccc(C)cc2C1=O.CCCCOC(=O)c1ccc(C)cc1. The van der Waals surface area contributed by atoms with Crippen molar-refractivity contribution in [2.24, 2.45) is 0 Å². The van der Waals surface area contributed by atoms with Crippen molar-refractivity contribution in [3.63, 3.8) is 0 Å². The largest absolute Gasteiger partial charge is 0.462 e. The molecule has 2 aromatic rings. The summed E-state index contributed by atoms with van der Waals surface area (Å²) >= 11 is 0. The lowest BCUT2D eigenvalue weighted by molar-refractivity contribution is 0.0499. The van der Waals surface area contributed by atoms with Crippen LogP contribution in [0, 0.1) is 13.8 Å². The molecule has 30 heavy (non-hydrogen) atoms. The summed E-state index contributed by atoms with van der Waals surface area (Å²) < 4.78 is 5.07. The fraction of sp³-hybridized carbons (Fsp3) is 0.400. The smallest absolute Gasteiger partial charge is 0.338 e. The van der Waals surface area contributed by atoms with Crippen molar-refractivity contribution >= 4 is 17.8 Å². The quantitative estimate of drug-likeness (QED) is 0.352. The molecule has 160 valence electrons. The third-order valence-corrected chi connectivity index (χ3v) is 4.88. The Hall–Kier alpha value is -2.95. The summed E-state index contributed by atoms with van der Waals surface area (Å²) in [6, 6.07) is 12.8. The van der Waals surface area contributed by atoms with E-state index in [1.54, 1.807) is 24.3 Å². The van der Waals surface area contributed by atoms with Crippen LogP contribution in [0.25, 0.3) is 0 Å². The summed E-state index contributed by atoms with van der Waals surface area (Å²) in [6.45, 7) is 9.08. The molecule has 0 aromatic heterocycles. The summed E-state index contributed by atoms with van der Waals surface area (Å²) in [7, 11) is 0. The molecular weight excluding hydrogens is 378 g/mol. The first-order valence-corrected chi connectivity index (χ1v) is 10.6. The van der Waals surface area contributed by atoms with Gasteiger partial charge in [0.1, 0.15) is 0 Å². The predicted octanol–water partition coefficient (Wildman–Crippen LogP) is 5.34. The molecule has 0 saturated heterocycles. The highest BCUT2D eigenvalue weighted by molar-refractivity contribution is 6.21.